The minimum Gasteiger partial charge on any atom is -0.342 e. The summed E-state index contributed by atoms with van der Waals surface area (Å²) in [6, 6.07) is 2.11. The summed E-state index contributed by atoms with van der Waals surface area (Å²) in [7, 11) is 1.92. The predicted molar refractivity (Wildman–Crippen MR) is 85.9 cm³/mol. The van der Waals surface area contributed by atoms with E-state index in [-0.39, 0.29) is 5.92 Å². The van der Waals surface area contributed by atoms with Crippen molar-refractivity contribution in [3.8, 4) is 0 Å². The Balaban J connectivity index is 1.41. The van der Waals surface area contributed by atoms with E-state index in [1.807, 2.05) is 31.0 Å². The van der Waals surface area contributed by atoms with E-state index in [1.165, 1.54) is 5.56 Å². The molecule has 0 aromatic carbocycles. The van der Waals surface area contributed by atoms with E-state index in [2.05, 4.69) is 26.3 Å². The number of carbonyl (C=O) groups is 1. The van der Waals surface area contributed by atoms with Gasteiger partial charge >= 0.3 is 0 Å². The Morgan fingerprint density at radius 2 is 2.30 bits per heavy atom. The van der Waals surface area contributed by atoms with Crippen LogP contribution in [0.25, 0.3) is 0 Å². The first kappa shape index (κ1) is 14.5. The van der Waals surface area contributed by atoms with Gasteiger partial charge in [0.15, 0.2) is 0 Å². The highest BCUT2D eigenvalue weighted by atomic mass is 16.2. The van der Waals surface area contributed by atoms with Crippen molar-refractivity contribution in [1.82, 2.24) is 24.9 Å². The van der Waals surface area contributed by atoms with Gasteiger partial charge in [-0.25, -0.2) is 0 Å². The van der Waals surface area contributed by atoms with E-state index in [4.69, 9.17) is 0 Å². The fourth-order valence-electron chi connectivity index (χ4n) is 3.77. The molecule has 0 spiro atoms. The highest BCUT2D eigenvalue weighted by Crippen LogP contribution is 2.48. The van der Waals surface area contributed by atoms with Gasteiger partial charge in [-0.05, 0) is 43.7 Å². The van der Waals surface area contributed by atoms with Gasteiger partial charge in [0.1, 0.15) is 0 Å². The molecule has 122 valence electrons. The maximum atomic E-state index is 12.8. The summed E-state index contributed by atoms with van der Waals surface area (Å²) < 4.78 is 1.81. The highest BCUT2D eigenvalue weighted by molar-refractivity contribution is 5.83. The standard InChI is InChI=1S/C17H23N5O/c1-11-6-16(20-19-11)12-4-3-5-22(10-12)17(23)15-7-14(15)13-8-18-21(2)9-13/h6,8-9,12,14-15H,3-5,7,10H2,1-2H3,(H,19,20)/t12-,14+,15-/m1/s1. The highest BCUT2D eigenvalue weighted by Gasteiger charge is 2.47. The predicted octanol–water partition coefficient (Wildman–Crippen LogP) is 1.96. The number of piperidine rings is 1. The van der Waals surface area contributed by atoms with Crippen LogP contribution < -0.4 is 0 Å². The Morgan fingerprint density at radius 1 is 1.43 bits per heavy atom. The van der Waals surface area contributed by atoms with Gasteiger partial charge < -0.3 is 4.90 Å². The van der Waals surface area contributed by atoms with E-state index < -0.39 is 0 Å². The number of hydrogen-bond acceptors (Lipinski definition) is 3. The second-order valence-corrected chi connectivity index (χ2v) is 7.00. The molecule has 2 fully saturated rings. The molecule has 1 amide bonds. The molecular formula is C17H23N5O. The lowest BCUT2D eigenvalue weighted by molar-refractivity contribution is -0.133. The summed E-state index contributed by atoms with van der Waals surface area (Å²) in [5, 5.41) is 11.6. The number of nitrogens with one attached hydrogen (secondary N) is 1. The zero-order valence-electron chi connectivity index (χ0n) is 13.7. The van der Waals surface area contributed by atoms with Crippen LogP contribution in [-0.2, 0) is 11.8 Å². The zero-order valence-corrected chi connectivity index (χ0v) is 13.7. The molecule has 0 unspecified atom stereocenters. The van der Waals surface area contributed by atoms with Gasteiger partial charge in [0.25, 0.3) is 0 Å². The normalized spacial score (nSPS) is 27.2. The lowest BCUT2D eigenvalue weighted by atomic mass is 9.94. The summed E-state index contributed by atoms with van der Waals surface area (Å²) in [5.74, 6) is 1.20. The summed E-state index contributed by atoms with van der Waals surface area (Å²) in [4.78, 5) is 14.9. The van der Waals surface area contributed by atoms with Crippen molar-refractivity contribution in [3.63, 3.8) is 0 Å². The average Bonchev–Trinajstić information content (AvgIpc) is 3.04. The Kier molecular flexibility index (Phi) is 3.47. The van der Waals surface area contributed by atoms with E-state index >= 15 is 0 Å². The van der Waals surface area contributed by atoms with Crippen LogP contribution in [0.15, 0.2) is 18.5 Å². The Labute approximate surface area is 135 Å². The molecule has 3 heterocycles. The van der Waals surface area contributed by atoms with Crippen LogP contribution in [0.5, 0.6) is 0 Å². The van der Waals surface area contributed by atoms with Crippen molar-refractivity contribution >= 4 is 5.91 Å². The largest absolute Gasteiger partial charge is 0.342 e. The number of hydrogen-bond donors (Lipinski definition) is 1. The summed E-state index contributed by atoms with van der Waals surface area (Å²) >= 11 is 0. The van der Waals surface area contributed by atoms with E-state index in [9.17, 15) is 4.79 Å². The molecule has 6 heteroatoms. The molecule has 6 nitrogen and oxygen atoms in total. The first-order chi connectivity index (χ1) is 11.1. The van der Waals surface area contributed by atoms with Crippen LogP contribution in [0, 0.1) is 12.8 Å². The van der Waals surface area contributed by atoms with Crippen LogP contribution in [0.1, 0.15) is 48.0 Å². The Morgan fingerprint density at radius 3 is 3.00 bits per heavy atom. The number of carbonyl (C=O) groups excluding carboxylic acids is 1. The van der Waals surface area contributed by atoms with Crippen molar-refractivity contribution in [2.24, 2.45) is 13.0 Å². The third-order valence-electron chi connectivity index (χ3n) is 5.14. The maximum absolute atomic E-state index is 12.8. The number of likely N-dealkylation sites (tertiary alicyclic amines) is 1. The molecule has 1 N–H and O–H groups in total. The number of H-pyrrole nitrogens is 1. The van der Waals surface area contributed by atoms with E-state index in [0.29, 0.717) is 17.7 Å². The van der Waals surface area contributed by atoms with Crippen molar-refractivity contribution < 1.29 is 4.79 Å². The Bertz CT molecular complexity index is 718. The van der Waals surface area contributed by atoms with Crippen molar-refractivity contribution in [1.29, 1.82) is 0 Å². The van der Waals surface area contributed by atoms with Gasteiger partial charge in [-0.3, -0.25) is 14.6 Å². The first-order valence-electron chi connectivity index (χ1n) is 8.41. The molecular weight excluding hydrogens is 290 g/mol. The van der Waals surface area contributed by atoms with Crippen LogP contribution >= 0.6 is 0 Å². The zero-order chi connectivity index (χ0) is 16.0. The van der Waals surface area contributed by atoms with Crippen molar-refractivity contribution in [2.45, 2.75) is 38.0 Å². The lowest BCUT2D eigenvalue weighted by Gasteiger charge is -2.32. The quantitative estimate of drug-likeness (QED) is 0.942. The van der Waals surface area contributed by atoms with Crippen LogP contribution in [-0.4, -0.2) is 43.9 Å². The van der Waals surface area contributed by atoms with Gasteiger partial charge in [-0.1, -0.05) is 0 Å². The molecule has 1 saturated heterocycles. The fraction of sp³-hybridized carbons (Fsp3) is 0.588. The third-order valence-corrected chi connectivity index (χ3v) is 5.14. The second kappa shape index (κ2) is 5.51. The number of nitrogens with zero attached hydrogens (tertiary/aromatic N) is 4. The van der Waals surface area contributed by atoms with Gasteiger partial charge in [0.2, 0.25) is 5.91 Å². The molecule has 0 radical (unpaired) electrons. The fourth-order valence-corrected chi connectivity index (χ4v) is 3.77. The monoisotopic (exact) mass is 313 g/mol. The average molecular weight is 313 g/mol. The molecule has 4 rings (SSSR count). The van der Waals surface area contributed by atoms with E-state index in [0.717, 1.165) is 43.7 Å². The number of amides is 1. The SMILES string of the molecule is Cc1cc([C@@H]2CCCN(C(=O)[C@@H]3C[C@H]3c3cnn(C)c3)C2)n[nH]1. The molecule has 3 atom stereocenters. The molecule has 23 heavy (non-hydrogen) atoms. The van der Waals surface area contributed by atoms with Crippen LogP contribution in [0.2, 0.25) is 0 Å². The van der Waals surface area contributed by atoms with Gasteiger partial charge in [-0.15, -0.1) is 0 Å². The molecule has 0 bridgehead atoms. The van der Waals surface area contributed by atoms with Crippen molar-refractivity contribution in [2.75, 3.05) is 13.1 Å². The van der Waals surface area contributed by atoms with Gasteiger partial charge in [-0.2, -0.15) is 10.2 Å². The van der Waals surface area contributed by atoms with Crippen LogP contribution in [0.3, 0.4) is 0 Å². The second-order valence-electron chi connectivity index (χ2n) is 7.00. The van der Waals surface area contributed by atoms with Crippen molar-refractivity contribution in [3.05, 3.63) is 35.4 Å². The lowest BCUT2D eigenvalue weighted by Crippen LogP contribution is -2.40. The molecule has 1 aliphatic heterocycles. The van der Waals surface area contributed by atoms with Crippen LogP contribution in [0.4, 0.5) is 0 Å². The Hall–Kier alpha value is -2.11. The molecule has 2 aromatic heterocycles. The summed E-state index contributed by atoms with van der Waals surface area (Å²) in [6.07, 6.45) is 7.07. The topological polar surface area (TPSA) is 66.8 Å². The van der Waals surface area contributed by atoms with E-state index in [1.54, 1.807) is 0 Å². The molecule has 1 aliphatic carbocycles. The number of aryl methyl sites for hydroxylation is 2. The number of aromatic amines is 1. The maximum Gasteiger partial charge on any atom is 0.226 e. The molecule has 2 aromatic rings. The number of rotatable bonds is 3. The minimum absolute atomic E-state index is 0.152. The minimum atomic E-state index is 0.152. The number of aromatic nitrogens is 4. The summed E-state index contributed by atoms with van der Waals surface area (Å²) in [6.45, 7) is 3.71. The summed E-state index contributed by atoms with van der Waals surface area (Å²) in [5.41, 5.74) is 3.38. The first-order valence-corrected chi connectivity index (χ1v) is 8.41. The third kappa shape index (κ3) is 2.78. The van der Waals surface area contributed by atoms with Gasteiger partial charge in [0.05, 0.1) is 11.9 Å². The smallest absolute Gasteiger partial charge is 0.226 e. The van der Waals surface area contributed by atoms with Gasteiger partial charge in [0, 0.05) is 43.9 Å². The molecule has 1 saturated carbocycles. The molecule has 2 aliphatic rings.